The average Bonchev–Trinajstić information content (AvgIpc) is 2.49. The molecule has 0 aromatic heterocycles. The van der Waals surface area contributed by atoms with E-state index in [1.54, 1.807) is 0 Å². The smallest absolute Gasteiger partial charge is 0.0973 e. The molecule has 0 amide bonds. The molecule has 0 heterocycles. The van der Waals surface area contributed by atoms with Crippen LogP contribution >= 0.6 is 0 Å². The van der Waals surface area contributed by atoms with Gasteiger partial charge in [-0.15, -0.1) is 0 Å². The molecule has 0 aliphatic heterocycles. The van der Waals surface area contributed by atoms with Crippen LogP contribution < -0.4 is 0 Å². The molecular formula is C19H37NO3S. The van der Waals surface area contributed by atoms with Crippen molar-refractivity contribution >= 4 is 10.1 Å². The molecule has 0 aromatic carbocycles. The summed E-state index contributed by atoms with van der Waals surface area (Å²) in [6.45, 7) is 13.2. The Morgan fingerprint density at radius 3 is 1.75 bits per heavy atom. The summed E-state index contributed by atoms with van der Waals surface area (Å²) >= 11 is 0. The van der Waals surface area contributed by atoms with Gasteiger partial charge in [-0.05, 0) is 25.0 Å². The lowest BCUT2D eigenvalue weighted by molar-refractivity contribution is -0.917. The quantitative estimate of drug-likeness (QED) is 0.169. The number of rotatable bonds is 17. The Kier molecular flexibility index (Phi) is 13.3. The largest absolute Gasteiger partial charge is 0.748 e. The first-order valence-corrected chi connectivity index (χ1v) is 11.0. The molecule has 0 bridgehead atoms. The van der Waals surface area contributed by atoms with E-state index in [0.29, 0.717) is 13.0 Å². The van der Waals surface area contributed by atoms with Crippen LogP contribution in [0.3, 0.4) is 0 Å². The molecule has 0 N–H and O–H groups in total. The van der Waals surface area contributed by atoms with Gasteiger partial charge in [0.25, 0.3) is 0 Å². The van der Waals surface area contributed by atoms with E-state index >= 15 is 0 Å². The topological polar surface area (TPSA) is 57.2 Å². The van der Waals surface area contributed by atoms with Crippen LogP contribution in [0, 0.1) is 0 Å². The third-order valence-electron chi connectivity index (χ3n) is 4.55. The van der Waals surface area contributed by atoms with Crippen molar-refractivity contribution in [2.45, 2.75) is 64.7 Å². The van der Waals surface area contributed by atoms with Crippen LogP contribution in [0.4, 0.5) is 0 Å². The molecule has 0 saturated heterocycles. The normalized spacial score (nSPS) is 12.2. The Morgan fingerprint density at radius 1 is 0.833 bits per heavy atom. The average molecular weight is 360 g/mol. The second kappa shape index (κ2) is 13.6. The third-order valence-corrected chi connectivity index (χ3v) is 5.33. The zero-order chi connectivity index (χ0) is 18.3. The first kappa shape index (κ1) is 23.4. The summed E-state index contributed by atoms with van der Waals surface area (Å²) in [6.07, 6.45) is 14.4. The van der Waals surface area contributed by atoms with Crippen molar-refractivity contribution in [2.75, 3.05) is 31.9 Å². The van der Waals surface area contributed by atoms with Gasteiger partial charge in [0.05, 0.1) is 36.3 Å². The molecule has 0 unspecified atom stereocenters. The molecule has 0 radical (unpaired) electrons. The van der Waals surface area contributed by atoms with Crippen LogP contribution in [-0.4, -0.2) is 49.4 Å². The van der Waals surface area contributed by atoms with Gasteiger partial charge in [-0.2, -0.15) is 0 Å². The zero-order valence-electron chi connectivity index (χ0n) is 15.5. The lowest BCUT2D eigenvalue weighted by Gasteiger charge is -2.37. The van der Waals surface area contributed by atoms with E-state index in [1.165, 1.54) is 44.9 Å². The van der Waals surface area contributed by atoms with Crippen LogP contribution in [0.5, 0.6) is 0 Å². The van der Waals surface area contributed by atoms with Gasteiger partial charge < -0.3 is 9.04 Å². The first-order valence-electron chi connectivity index (χ1n) is 9.39. The zero-order valence-corrected chi connectivity index (χ0v) is 16.4. The maximum atomic E-state index is 10.8. The molecule has 0 aromatic rings. The maximum absolute atomic E-state index is 10.8. The lowest BCUT2D eigenvalue weighted by Crippen LogP contribution is -2.50. The molecule has 0 rings (SSSR count). The van der Waals surface area contributed by atoms with E-state index in [2.05, 4.69) is 20.1 Å². The van der Waals surface area contributed by atoms with Crippen LogP contribution in [0.15, 0.2) is 25.3 Å². The molecule has 4 nitrogen and oxygen atoms in total. The van der Waals surface area contributed by atoms with Gasteiger partial charge in [0.15, 0.2) is 0 Å². The minimum atomic E-state index is -4.13. The minimum Gasteiger partial charge on any atom is -0.748 e. The Bertz CT molecular complexity index is 422. The van der Waals surface area contributed by atoms with Crippen LogP contribution in [-0.2, 0) is 10.1 Å². The van der Waals surface area contributed by atoms with Crippen LogP contribution in [0.2, 0.25) is 0 Å². The maximum Gasteiger partial charge on any atom is 0.0973 e. The fourth-order valence-electron chi connectivity index (χ4n) is 3.26. The number of hydrogen-bond donors (Lipinski definition) is 0. The predicted octanol–water partition coefficient (Wildman–Crippen LogP) is 4.25. The Balaban J connectivity index is 4.28. The summed E-state index contributed by atoms with van der Waals surface area (Å²) in [5.41, 5.74) is 0. The summed E-state index contributed by atoms with van der Waals surface area (Å²) in [7, 11) is -4.13. The minimum absolute atomic E-state index is 0.279. The standard InChI is InChI=1S/C19H37NO3S/c1-4-7-8-9-10-11-12-13-17-20(15-5-2,16-6-3)18-14-19-24(21,22)23/h5-6H,2-4,7-19H2,1H3. The van der Waals surface area contributed by atoms with Gasteiger partial charge in [0.2, 0.25) is 0 Å². The highest BCUT2D eigenvalue weighted by Crippen LogP contribution is 2.15. The summed E-state index contributed by atoms with van der Waals surface area (Å²) in [5.74, 6) is -0.279. The van der Waals surface area contributed by atoms with Crippen molar-refractivity contribution in [1.82, 2.24) is 0 Å². The van der Waals surface area contributed by atoms with Crippen molar-refractivity contribution in [2.24, 2.45) is 0 Å². The van der Waals surface area contributed by atoms with Gasteiger partial charge in [-0.3, -0.25) is 0 Å². The summed E-state index contributed by atoms with van der Waals surface area (Å²) in [4.78, 5) is 0. The highest BCUT2D eigenvalue weighted by molar-refractivity contribution is 7.85. The molecule has 0 atom stereocenters. The van der Waals surface area contributed by atoms with Gasteiger partial charge in [-0.1, -0.05) is 58.6 Å². The summed E-state index contributed by atoms with van der Waals surface area (Å²) in [5, 5.41) is 0. The number of hydrogen-bond acceptors (Lipinski definition) is 3. The van der Waals surface area contributed by atoms with Gasteiger partial charge in [0, 0.05) is 12.2 Å². The van der Waals surface area contributed by atoms with Crippen LogP contribution in [0.1, 0.15) is 64.7 Å². The molecule has 142 valence electrons. The van der Waals surface area contributed by atoms with Gasteiger partial charge >= 0.3 is 0 Å². The van der Waals surface area contributed by atoms with Crippen molar-refractivity contribution in [3.63, 3.8) is 0 Å². The Labute approximate surface area is 150 Å². The van der Waals surface area contributed by atoms with Crippen molar-refractivity contribution < 1.29 is 17.5 Å². The molecule has 0 fully saturated rings. The number of nitrogens with zero attached hydrogens (tertiary/aromatic N) is 1. The van der Waals surface area contributed by atoms with Crippen LogP contribution in [0.25, 0.3) is 0 Å². The van der Waals surface area contributed by atoms with E-state index in [9.17, 15) is 13.0 Å². The van der Waals surface area contributed by atoms with Crippen molar-refractivity contribution in [3.8, 4) is 0 Å². The number of unbranched alkanes of at least 4 members (excludes halogenated alkanes) is 7. The van der Waals surface area contributed by atoms with Crippen molar-refractivity contribution in [3.05, 3.63) is 25.3 Å². The second-order valence-corrected chi connectivity index (χ2v) is 8.35. The fourth-order valence-corrected chi connectivity index (χ4v) is 3.74. The van der Waals surface area contributed by atoms with E-state index in [0.717, 1.165) is 30.5 Å². The number of quaternary nitrogens is 1. The van der Waals surface area contributed by atoms with E-state index in [4.69, 9.17) is 0 Å². The summed E-state index contributed by atoms with van der Waals surface area (Å²) < 4.78 is 33.3. The second-order valence-electron chi connectivity index (χ2n) is 6.82. The molecular weight excluding hydrogens is 322 g/mol. The van der Waals surface area contributed by atoms with E-state index in [1.807, 2.05) is 12.2 Å². The molecule has 5 heteroatoms. The van der Waals surface area contributed by atoms with Crippen molar-refractivity contribution in [1.29, 1.82) is 0 Å². The summed E-state index contributed by atoms with van der Waals surface area (Å²) in [6, 6.07) is 0. The lowest BCUT2D eigenvalue weighted by atomic mass is 10.1. The van der Waals surface area contributed by atoms with Gasteiger partial charge in [0.1, 0.15) is 0 Å². The SMILES string of the molecule is C=CC[N+](CC=C)(CCCCCCCCCC)CCCS(=O)(=O)[O-]. The fraction of sp³-hybridized carbons (Fsp3) is 0.789. The first-order chi connectivity index (χ1) is 11.4. The van der Waals surface area contributed by atoms with E-state index < -0.39 is 10.1 Å². The molecule has 0 aliphatic rings. The molecule has 0 saturated carbocycles. The Morgan fingerprint density at radius 2 is 1.29 bits per heavy atom. The monoisotopic (exact) mass is 359 g/mol. The molecule has 0 spiro atoms. The highest BCUT2D eigenvalue weighted by Gasteiger charge is 2.23. The third kappa shape index (κ3) is 12.7. The molecule has 0 aliphatic carbocycles. The Hall–Kier alpha value is -0.650. The van der Waals surface area contributed by atoms with E-state index in [-0.39, 0.29) is 5.75 Å². The highest BCUT2D eigenvalue weighted by atomic mass is 32.2. The van der Waals surface area contributed by atoms with Gasteiger partial charge in [-0.25, -0.2) is 8.42 Å². The predicted molar refractivity (Wildman–Crippen MR) is 102 cm³/mol. The molecule has 24 heavy (non-hydrogen) atoms.